The molecule has 1 heterocycles. The number of carbonyl (C=O) groups is 2. The van der Waals surface area contributed by atoms with Gasteiger partial charge in [-0.25, -0.2) is 0 Å². The van der Waals surface area contributed by atoms with Crippen molar-refractivity contribution in [1.29, 1.82) is 0 Å². The van der Waals surface area contributed by atoms with E-state index in [0.29, 0.717) is 19.4 Å². The minimum Gasteiger partial charge on any atom is -0.462 e. The number of rotatable bonds is 1. The van der Waals surface area contributed by atoms with Gasteiger partial charge in [0.15, 0.2) is 12.1 Å². The molecule has 160 valence electrons. The third kappa shape index (κ3) is 2.07. The van der Waals surface area contributed by atoms with Crippen molar-refractivity contribution < 1.29 is 34.4 Å². The molecule has 1 aliphatic heterocycles. The minimum absolute atomic E-state index is 0.0957. The van der Waals surface area contributed by atoms with Crippen LogP contribution in [0.25, 0.3) is 0 Å². The zero-order valence-corrected chi connectivity index (χ0v) is 17.0. The summed E-state index contributed by atoms with van der Waals surface area (Å²) < 4.78 is 11.6. The molecule has 0 aromatic rings. The molecule has 0 aromatic heterocycles. The zero-order valence-electron chi connectivity index (χ0n) is 17.0. The topological polar surface area (TPSA) is 113 Å². The molecule has 5 aliphatic rings. The van der Waals surface area contributed by atoms with E-state index in [4.69, 9.17) is 9.47 Å². The molecule has 3 N–H and O–H groups in total. The van der Waals surface area contributed by atoms with Gasteiger partial charge in [-0.2, -0.15) is 0 Å². The number of carbonyl (C=O) groups excluding carboxylic acids is 2. The Morgan fingerprint density at radius 2 is 1.97 bits per heavy atom. The SMILES string of the molecule is C=C1C(=O)[C@@]23[C@H](O)C[C@@H]4[C@@]5(C)CCC[C@@]4([C@H](O)OC5)[C@@H]2[C@@H](OC(C)=O)C[C@@H]1[C@H]3O. The van der Waals surface area contributed by atoms with Crippen LogP contribution in [0.3, 0.4) is 0 Å². The van der Waals surface area contributed by atoms with Gasteiger partial charge in [-0.05, 0) is 42.6 Å². The summed E-state index contributed by atoms with van der Waals surface area (Å²) in [6.07, 6.45) is -1.10. The van der Waals surface area contributed by atoms with E-state index in [0.717, 1.165) is 12.8 Å². The summed E-state index contributed by atoms with van der Waals surface area (Å²) in [5, 5.41) is 33.9. The lowest BCUT2D eigenvalue weighted by Crippen LogP contribution is -2.75. The summed E-state index contributed by atoms with van der Waals surface area (Å²) >= 11 is 0. The molecule has 7 heteroatoms. The van der Waals surface area contributed by atoms with Gasteiger partial charge < -0.3 is 24.8 Å². The molecule has 1 spiro atoms. The van der Waals surface area contributed by atoms with E-state index in [1.165, 1.54) is 6.92 Å². The van der Waals surface area contributed by atoms with Gasteiger partial charge in [0.1, 0.15) is 6.10 Å². The van der Waals surface area contributed by atoms with Crippen LogP contribution in [0.1, 0.15) is 46.0 Å². The Labute approximate surface area is 170 Å². The first kappa shape index (κ1) is 19.7. The van der Waals surface area contributed by atoms with Crippen molar-refractivity contribution in [1.82, 2.24) is 0 Å². The van der Waals surface area contributed by atoms with E-state index in [-0.39, 0.29) is 29.1 Å². The summed E-state index contributed by atoms with van der Waals surface area (Å²) in [4.78, 5) is 25.5. The second kappa shape index (κ2) is 5.90. The zero-order chi connectivity index (χ0) is 20.9. The van der Waals surface area contributed by atoms with Crippen LogP contribution in [0.4, 0.5) is 0 Å². The van der Waals surface area contributed by atoms with Crippen molar-refractivity contribution in [3.05, 3.63) is 12.2 Å². The van der Waals surface area contributed by atoms with Crippen LogP contribution in [-0.4, -0.2) is 58.3 Å². The Bertz CT molecular complexity index is 794. The van der Waals surface area contributed by atoms with Crippen molar-refractivity contribution in [2.24, 2.45) is 34.0 Å². The van der Waals surface area contributed by atoms with Gasteiger partial charge in [-0.3, -0.25) is 9.59 Å². The Balaban J connectivity index is 1.76. The molecule has 4 saturated carbocycles. The monoisotopic (exact) mass is 406 g/mol. The van der Waals surface area contributed by atoms with Gasteiger partial charge in [0.2, 0.25) is 0 Å². The molecular weight excluding hydrogens is 376 g/mol. The maximum Gasteiger partial charge on any atom is 0.302 e. The van der Waals surface area contributed by atoms with Crippen LogP contribution in [0, 0.1) is 34.0 Å². The molecule has 0 aromatic carbocycles. The number of esters is 1. The molecule has 0 amide bonds. The fourth-order valence-corrected chi connectivity index (χ4v) is 8.21. The van der Waals surface area contributed by atoms with E-state index in [9.17, 15) is 24.9 Å². The van der Waals surface area contributed by atoms with Crippen LogP contribution in [0.5, 0.6) is 0 Å². The third-order valence-electron chi connectivity index (χ3n) is 9.16. The average Bonchev–Trinajstić information content (AvgIpc) is 2.76. The van der Waals surface area contributed by atoms with Crippen LogP contribution in [0.15, 0.2) is 12.2 Å². The summed E-state index contributed by atoms with van der Waals surface area (Å²) in [6.45, 7) is 7.74. The molecule has 10 atom stereocenters. The second-order valence-electron chi connectivity index (χ2n) is 10.3. The van der Waals surface area contributed by atoms with Gasteiger partial charge in [0, 0.05) is 24.2 Å². The first-order valence-electron chi connectivity index (χ1n) is 10.7. The molecular formula is C22H30O7. The number of fused-ring (bicyclic) bond motifs is 1. The van der Waals surface area contributed by atoms with E-state index >= 15 is 0 Å². The molecule has 4 aliphatic carbocycles. The molecule has 29 heavy (non-hydrogen) atoms. The third-order valence-corrected chi connectivity index (χ3v) is 9.16. The molecule has 0 radical (unpaired) electrons. The summed E-state index contributed by atoms with van der Waals surface area (Å²) in [5.41, 5.74) is -2.34. The largest absolute Gasteiger partial charge is 0.462 e. The number of hydrogen-bond acceptors (Lipinski definition) is 7. The first-order chi connectivity index (χ1) is 13.6. The number of Topliss-reactive ketones (excluding diaryl/α,β-unsaturated/α-hetero) is 1. The lowest BCUT2D eigenvalue weighted by atomic mass is 9.37. The second-order valence-corrected chi connectivity index (χ2v) is 10.3. The van der Waals surface area contributed by atoms with Crippen LogP contribution < -0.4 is 0 Å². The highest BCUT2D eigenvalue weighted by atomic mass is 16.6. The lowest BCUT2D eigenvalue weighted by molar-refractivity contribution is -0.357. The van der Waals surface area contributed by atoms with Gasteiger partial charge in [0.05, 0.1) is 24.2 Å². The Morgan fingerprint density at radius 1 is 1.24 bits per heavy atom. The van der Waals surface area contributed by atoms with Crippen molar-refractivity contribution in [2.75, 3.05) is 6.61 Å². The van der Waals surface area contributed by atoms with Gasteiger partial charge in [-0.1, -0.05) is 19.9 Å². The van der Waals surface area contributed by atoms with Crippen LogP contribution in [0.2, 0.25) is 0 Å². The highest BCUT2D eigenvalue weighted by Crippen LogP contribution is 2.73. The molecule has 0 unspecified atom stereocenters. The number of aliphatic hydroxyl groups is 3. The Hall–Kier alpha value is -1.28. The maximum atomic E-state index is 13.5. The smallest absolute Gasteiger partial charge is 0.302 e. The van der Waals surface area contributed by atoms with Gasteiger partial charge >= 0.3 is 5.97 Å². The maximum absolute atomic E-state index is 13.5. The van der Waals surface area contributed by atoms with Crippen molar-refractivity contribution in [2.45, 2.75) is 70.6 Å². The number of aliphatic hydroxyl groups excluding tert-OH is 3. The molecule has 5 fully saturated rings. The number of hydrogen-bond donors (Lipinski definition) is 3. The number of ketones is 1. The molecule has 5 rings (SSSR count). The normalized spacial score (nSPS) is 55.8. The fraction of sp³-hybridized carbons (Fsp3) is 0.818. The van der Waals surface area contributed by atoms with Crippen molar-refractivity contribution >= 4 is 11.8 Å². The number of ether oxygens (including phenoxy) is 2. The first-order valence-corrected chi connectivity index (χ1v) is 10.7. The predicted molar refractivity (Wildman–Crippen MR) is 100 cm³/mol. The highest BCUT2D eigenvalue weighted by molar-refractivity contribution is 6.04. The van der Waals surface area contributed by atoms with Crippen LogP contribution in [-0.2, 0) is 19.1 Å². The lowest BCUT2D eigenvalue weighted by Gasteiger charge is -2.70. The fourth-order valence-electron chi connectivity index (χ4n) is 8.21. The molecule has 4 bridgehead atoms. The standard InChI is InChI=1S/C22H30O7/c1-10-12-7-13(29-11(2)23)16-21-6-4-5-20(3,9-28-19(21)27)14(21)8-15(24)22(16,17(10)25)18(12)26/h12-16,18-19,24,26-27H,1,4-9H2,2-3H3/t12-,13-,14+,15+,16-,18+,19+,20-,21-,22+/m0/s1. The van der Waals surface area contributed by atoms with Gasteiger partial charge in [0.25, 0.3) is 0 Å². The van der Waals surface area contributed by atoms with E-state index in [1.54, 1.807) is 0 Å². The quantitative estimate of drug-likeness (QED) is 0.439. The van der Waals surface area contributed by atoms with Crippen molar-refractivity contribution in [3.63, 3.8) is 0 Å². The van der Waals surface area contributed by atoms with E-state index in [1.807, 2.05) is 0 Å². The van der Waals surface area contributed by atoms with E-state index < -0.39 is 53.2 Å². The molecule has 7 nitrogen and oxygen atoms in total. The predicted octanol–water partition coefficient (Wildman–Crippen LogP) is 0.946. The Kier molecular flexibility index (Phi) is 4.00. The van der Waals surface area contributed by atoms with Gasteiger partial charge in [-0.15, -0.1) is 0 Å². The molecule has 1 saturated heterocycles. The summed E-state index contributed by atoms with van der Waals surface area (Å²) in [5.74, 6) is -2.19. The van der Waals surface area contributed by atoms with E-state index in [2.05, 4.69) is 13.5 Å². The Morgan fingerprint density at radius 3 is 2.66 bits per heavy atom. The minimum atomic E-state index is -1.52. The highest BCUT2D eigenvalue weighted by Gasteiger charge is 2.80. The summed E-state index contributed by atoms with van der Waals surface area (Å²) in [6, 6.07) is 0. The summed E-state index contributed by atoms with van der Waals surface area (Å²) in [7, 11) is 0. The average molecular weight is 406 g/mol. The van der Waals surface area contributed by atoms with Crippen molar-refractivity contribution in [3.8, 4) is 0 Å². The van der Waals surface area contributed by atoms with Crippen LogP contribution >= 0.6 is 0 Å².